The molecule has 1 saturated carbocycles. The van der Waals surface area contributed by atoms with E-state index in [4.69, 9.17) is 4.98 Å². The van der Waals surface area contributed by atoms with Crippen molar-refractivity contribution < 1.29 is 9.18 Å². The van der Waals surface area contributed by atoms with Crippen LogP contribution in [0.1, 0.15) is 67.0 Å². The van der Waals surface area contributed by atoms with Gasteiger partial charge in [-0.2, -0.15) is 0 Å². The molecule has 0 bridgehead atoms. The topological polar surface area (TPSA) is 33.2 Å². The molecule has 0 N–H and O–H groups in total. The van der Waals surface area contributed by atoms with Gasteiger partial charge in [-0.1, -0.05) is 31.0 Å². The van der Waals surface area contributed by atoms with Gasteiger partial charge in [-0.15, -0.1) is 0 Å². The fraction of sp³-hybridized carbons (Fsp3) is 0.500. The summed E-state index contributed by atoms with van der Waals surface area (Å²) < 4.78 is 14.1. The molecule has 1 unspecified atom stereocenters. The van der Waals surface area contributed by atoms with Gasteiger partial charge in [0.15, 0.2) is 0 Å². The lowest BCUT2D eigenvalue weighted by Crippen LogP contribution is -2.42. The number of aryl methyl sites for hydroxylation is 1. The number of hydrogen-bond donors (Lipinski definition) is 0. The molecule has 148 valence electrons. The second-order valence-corrected chi connectivity index (χ2v) is 8.41. The minimum atomic E-state index is -0.162. The number of halogens is 1. The molecule has 2 aliphatic rings. The largest absolute Gasteiger partial charge is 0.342 e. The van der Waals surface area contributed by atoms with E-state index < -0.39 is 0 Å². The van der Waals surface area contributed by atoms with Crippen LogP contribution in [-0.2, 0) is 11.2 Å². The SMILES string of the molecule is Cc1cc(Cc2ccccc2F)cc(C2CCCN(C(=O)C3CCCC3)C2)n1. The molecule has 3 nitrogen and oxygen atoms in total. The lowest BCUT2D eigenvalue weighted by atomic mass is 9.91. The van der Waals surface area contributed by atoms with Crippen molar-refractivity contribution in [2.45, 2.75) is 57.8 Å². The predicted molar refractivity (Wildman–Crippen MR) is 109 cm³/mol. The van der Waals surface area contributed by atoms with Crippen molar-refractivity contribution in [3.63, 3.8) is 0 Å². The second kappa shape index (κ2) is 8.42. The number of rotatable bonds is 4. The van der Waals surface area contributed by atoms with Gasteiger partial charge < -0.3 is 4.90 Å². The zero-order valence-electron chi connectivity index (χ0n) is 16.7. The number of aromatic nitrogens is 1. The van der Waals surface area contributed by atoms with Crippen molar-refractivity contribution in [3.8, 4) is 0 Å². The minimum Gasteiger partial charge on any atom is -0.342 e. The smallest absolute Gasteiger partial charge is 0.225 e. The van der Waals surface area contributed by atoms with Crippen LogP contribution in [0, 0.1) is 18.7 Å². The van der Waals surface area contributed by atoms with E-state index in [0.29, 0.717) is 17.9 Å². The highest BCUT2D eigenvalue weighted by Gasteiger charge is 2.31. The normalized spacial score (nSPS) is 20.5. The molecule has 2 aromatic rings. The third-order valence-electron chi connectivity index (χ3n) is 6.24. The average molecular weight is 381 g/mol. The first-order valence-electron chi connectivity index (χ1n) is 10.6. The Morgan fingerprint density at radius 1 is 1.14 bits per heavy atom. The molecule has 1 aliphatic heterocycles. The van der Waals surface area contributed by atoms with Crippen molar-refractivity contribution in [2.24, 2.45) is 5.92 Å². The van der Waals surface area contributed by atoms with E-state index in [1.165, 1.54) is 18.9 Å². The molecule has 1 atom stereocenters. The lowest BCUT2D eigenvalue weighted by molar-refractivity contribution is -0.136. The number of piperidine rings is 1. The molecule has 1 aromatic heterocycles. The van der Waals surface area contributed by atoms with Gasteiger partial charge in [0.1, 0.15) is 5.82 Å². The van der Waals surface area contributed by atoms with E-state index in [-0.39, 0.29) is 17.7 Å². The number of carbonyl (C=O) groups excluding carboxylic acids is 1. The van der Waals surface area contributed by atoms with Crippen molar-refractivity contribution in [1.29, 1.82) is 0 Å². The summed E-state index contributed by atoms with van der Waals surface area (Å²) in [4.78, 5) is 19.7. The Labute approximate surface area is 167 Å². The Bertz CT molecular complexity index is 844. The van der Waals surface area contributed by atoms with Crippen molar-refractivity contribution >= 4 is 5.91 Å². The van der Waals surface area contributed by atoms with Crippen LogP contribution in [-0.4, -0.2) is 28.9 Å². The zero-order chi connectivity index (χ0) is 19.5. The zero-order valence-corrected chi connectivity index (χ0v) is 16.7. The fourth-order valence-corrected chi connectivity index (χ4v) is 4.79. The maximum Gasteiger partial charge on any atom is 0.225 e. The molecule has 28 heavy (non-hydrogen) atoms. The quantitative estimate of drug-likeness (QED) is 0.746. The molecular weight excluding hydrogens is 351 g/mol. The third-order valence-corrected chi connectivity index (χ3v) is 6.24. The summed E-state index contributed by atoms with van der Waals surface area (Å²) >= 11 is 0. The van der Waals surface area contributed by atoms with Gasteiger partial charge in [0.2, 0.25) is 5.91 Å². The van der Waals surface area contributed by atoms with Crippen molar-refractivity contribution in [2.75, 3.05) is 13.1 Å². The van der Waals surface area contributed by atoms with Gasteiger partial charge in [-0.05, 0) is 61.9 Å². The van der Waals surface area contributed by atoms with Gasteiger partial charge in [-0.3, -0.25) is 9.78 Å². The Morgan fingerprint density at radius 2 is 1.93 bits per heavy atom. The number of nitrogens with zero attached hydrogens (tertiary/aromatic N) is 2. The van der Waals surface area contributed by atoms with Crippen LogP contribution in [0.5, 0.6) is 0 Å². The highest BCUT2D eigenvalue weighted by molar-refractivity contribution is 5.79. The summed E-state index contributed by atoms with van der Waals surface area (Å²) in [6.07, 6.45) is 7.13. The molecule has 2 heterocycles. The molecule has 1 saturated heterocycles. The summed E-state index contributed by atoms with van der Waals surface area (Å²) in [5.41, 5.74) is 3.81. The molecule has 1 amide bonds. The third kappa shape index (κ3) is 4.26. The van der Waals surface area contributed by atoms with Crippen molar-refractivity contribution in [3.05, 3.63) is 64.7 Å². The minimum absolute atomic E-state index is 0.162. The second-order valence-electron chi connectivity index (χ2n) is 8.41. The Morgan fingerprint density at radius 3 is 2.71 bits per heavy atom. The van der Waals surface area contributed by atoms with Gasteiger partial charge in [0, 0.05) is 42.7 Å². The average Bonchev–Trinajstić information content (AvgIpc) is 3.24. The maximum atomic E-state index is 14.1. The van der Waals surface area contributed by atoms with E-state index in [1.807, 2.05) is 25.1 Å². The van der Waals surface area contributed by atoms with E-state index >= 15 is 0 Å². The highest BCUT2D eigenvalue weighted by atomic mass is 19.1. The van der Waals surface area contributed by atoms with E-state index in [2.05, 4.69) is 11.0 Å². The van der Waals surface area contributed by atoms with Crippen LogP contribution in [0.15, 0.2) is 36.4 Å². The number of likely N-dealkylation sites (tertiary alicyclic amines) is 1. The molecule has 1 aliphatic carbocycles. The highest BCUT2D eigenvalue weighted by Crippen LogP contribution is 2.31. The van der Waals surface area contributed by atoms with Gasteiger partial charge in [-0.25, -0.2) is 4.39 Å². The van der Waals surface area contributed by atoms with E-state index in [9.17, 15) is 9.18 Å². The van der Waals surface area contributed by atoms with Crippen molar-refractivity contribution in [1.82, 2.24) is 9.88 Å². The van der Waals surface area contributed by atoms with Crippen LogP contribution in [0.3, 0.4) is 0 Å². The molecule has 0 radical (unpaired) electrons. The Hall–Kier alpha value is -2.23. The van der Waals surface area contributed by atoms with Crippen LogP contribution >= 0.6 is 0 Å². The first-order valence-corrected chi connectivity index (χ1v) is 10.6. The van der Waals surface area contributed by atoms with Gasteiger partial charge in [0.25, 0.3) is 0 Å². The molecule has 2 fully saturated rings. The summed E-state index contributed by atoms with van der Waals surface area (Å²) in [5.74, 6) is 0.699. The molecule has 4 rings (SSSR count). The van der Waals surface area contributed by atoms with Gasteiger partial charge >= 0.3 is 0 Å². The number of carbonyl (C=O) groups is 1. The maximum absolute atomic E-state index is 14.1. The summed E-state index contributed by atoms with van der Waals surface area (Å²) in [5, 5.41) is 0. The summed E-state index contributed by atoms with van der Waals surface area (Å²) in [6, 6.07) is 11.1. The number of pyridine rings is 1. The van der Waals surface area contributed by atoms with Crippen LogP contribution in [0.25, 0.3) is 0 Å². The summed E-state index contributed by atoms with van der Waals surface area (Å²) in [6.45, 7) is 3.64. The first-order chi connectivity index (χ1) is 13.6. The molecule has 4 heteroatoms. The Balaban J connectivity index is 1.51. The predicted octanol–water partition coefficient (Wildman–Crippen LogP) is 5.02. The fourth-order valence-electron chi connectivity index (χ4n) is 4.79. The first kappa shape index (κ1) is 19.1. The number of benzene rings is 1. The molecular formula is C24H29FN2O. The molecule has 1 aromatic carbocycles. The number of amides is 1. The van der Waals surface area contributed by atoms with E-state index in [0.717, 1.165) is 55.7 Å². The van der Waals surface area contributed by atoms with E-state index in [1.54, 1.807) is 6.07 Å². The monoisotopic (exact) mass is 380 g/mol. The van der Waals surface area contributed by atoms with Gasteiger partial charge in [0.05, 0.1) is 0 Å². The molecule has 0 spiro atoms. The van der Waals surface area contributed by atoms with Crippen LogP contribution in [0.2, 0.25) is 0 Å². The van der Waals surface area contributed by atoms with Crippen LogP contribution in [0.4, 0.5) is 4.39 Å². The summed E-state index contributed by atoms with van der Waals surface area (Å²) in [7, 11) is 0. The number of hydrogen-bond acceptors (Lipinski definition) is 2. The Kier molecular flexibility index (Phi) is 5.74. The lowest BCUT2D eigenvalue weighted by Gasteiger charge is -2.34. The standard InChI is InChI=1S/C24H29FN2O/c1-17-13-18(14-20-9-4-5-11-22(20)25)15-23(26-17)21-10-6-12-27(16-21)24(28)19-7-2-3-8-19/h4-5,9,11,13,15,19,21H,2-3,6-8,10,12,14,16H2,1H3. The van der Waals surface area contributed by atoms with Crippen LogP contribution < -0.4 is 0 Å².